The summed E-state index contributed by atoms with van der Waals surface area (Å²) in [7, 11) is 0. The Morgan fingerprint density at radius 2 is 1.94 bits per heavy atom. The number of hydrogen-bond donors (Lipinski definition) is 1. The lowest BCUT2D eigenvalue weighted by Crippen LogP contribution is -2.54. The Balaban J connectivity index is 1.43. The third-order valence-electron chi connectivity index (χ3n) is 6.57. The van der Waals surface area contributed by atoms with Crippen LogP contribution in [0.15, 0.2) is 29.3 Å². The number of carbonyl (C=O) groups excluding carboxylic acids is 1. The number of alkyl halides is 3. The van der Waals surface area contributed by atoms with Gasteiger partial charge in [-0.1, -0.05) is 6.42 Å². The number of aromatic nitrogens is 5. The molecule has 3 aromatic heterocycles. The van der Waals surface area contributed by atoms with E-state index in [4.69, 9.17) is 0 Å². The molecule has 1 N–H and O–H groups in total. The Bertz CT molecular complexity index is 1200. The van der Waals surface area contributed by atoms with Gasteiger partial charge < -0.3 is 4.90 Å². The monoisotopic (exact) mass is 434 g/mol. The fourth-order valence-electron chi connectivity index (χ4n) is 5.17. The summed E-state index contributed by atoms with van der Waals surface area (Å²) in [6.07, 6.45) is 0.489. The molecule has 2 bridgehead atoms. The van der Waals surface area contributed by atoms with Crippen LogP contribution in [0.25, 0.3) is 11.5 Å². The number of nitrogens with zero attached hydrogens (tertiary/aromatic N) is 5. The van der Waals surface area contributed by atoms with Crippen LogP contribution in [0.3, 0.4) is 0 Å². The van der Waals surface area contributed by atoms with Gasteiger partial charge in [0.25, 0.3) is 11.5 Å². The fraction of sp³-hybridized carbons (Fsp3) is 0.500. The molecule has 2 aliphatic rings. The van der Waals surface area contributed by atoms with E-state index >= 15 is 0 Å². The zero-order valence-corrected chi connectivity index (χ0v) is 16.8. The van der Waals surface area contributed by atoms with E-state index < -0.39 is 23.9 Å². The van der Waals surface area contributed by atoms with Crippen LogP contribution in [0.2, 0.25) is 0 Å². The number of fused-ring (bicyclic) bond motifs is 3. The number of aromatic amines is 1. The number of nitrogens with one attached hydrogen (secondary N) is 1. The number of carbonyl (C=O) groups is 1. The Hall–Kier alpha value is -3.11. The van der Waals surface area contributed by atoms with Crippen molar-refractivity contribution in [1.82, 2.24) is 29.3 Å². The molecule has 11 heteroatoms. The second-order valence-electron chi connectivity index (χ2n) is 8.40. The van der Waals surface area contributed by atoms with Crippen molar-refractivity contribution in [3.8, 4) is 5.95 Å². The van der Waals surface area contributed by atoms with Crippen molar-refractivity contribution in [2.24, 2.45) is 17.8 Å². The Morgan fingerprint density at radius 1 is 1.23 bits per heavy atom. The number of hydrogen-bond acceptors (Lipinski definition) is 4. The van der Waals surface area contributed by atoms with Gasteiger partial charge >= 0.3 is 6.18 Å². The Kier molecular flexibility index (Phi) is 4.45. The van der Waals surface area contributed by atoms with Gasteiger partial charge in [-0.3, -0.25) is 14.6 Å². The molecule has 1 aliphatic heterocycles. The van der Waals surface area contributed by atoms with E-state index in [9.17, 15) is 22.8 Å². The van der Waals surface area contributed by atoms with Crippen LogP contribution < -0.4 is 5.56 Å². The molecule has 164 valence electrons. The lowest BCUT2D eigenvalue weighted by atomic mass is 9.68. The summed E-state index contributed by atoms with van der Waals surface area (Å²) < 4.78 is 43.4. The molecule has 0 radical (unpaired) electrons. The number of halogens is 3. The summed E-state index contributed by atoms with van der Waals surface area (Å²) in [5.74, 6) is -2.66. The minimum absolute atomic E-state index is 0.0918. The molecule has 2 atom stereocenters. The fourth-order valence-corrected chi connectivity index (χ4v) is 5.17. The van der Waals surface area contributed by atoms with Crippen molar-refractivity contribution in [3.63, 3.8) is 0 Å². The minimum atomic E-state index is -4.24. The van der Waals surface area contributed by atoms with Crippen LogP contribution in [0.5, 0.6) is 0 Å². The number of likely N-dealkylation sites (tertiary alicyclic amines) is 1. The highest BCUT2D eigenvalue weighted by molar-refractivity contribution is 5.95. The largest absolute Gasteiger partial charge is 0.392 e. The first-order valence-corrected chi connectivity index (χ1v) is 10.2. The normalized spacial score (nSPS) is 24.0. The third-order valence-corrected chi connectivity index (χ3v) is 6.57. The predicted molar refractivity (Wildman–Crippen MR) is 104 cm³/mol. The van der Waals surface area contributed by atoms with Gasteiger partial charge in [0.15, 0.2) is 0 Å². The van der Waals surface area contributed by atoms with E-state index in [1.807, 2.05) is 0 Å². The van der Waals surface area contributed by atoms with Gasteiger partial charge in [-0.05, 0) is 43.7 Å². The lowest BCUT2D eigenvalue weighted by Gasteiger charge is -2.47. The molecular formula is C20H21F3N6O2. The first kappa shape index (κ1) is 19.8. The van der Waals surface area contributed by atoms with Crippen molar-refractivity contribution in [2.75, 3.05) is 13.1 Å². The molecule has 1 amide bonds. The number of piperidine rings is 1. The molecule has 1 saturated carbocycles. The summed E-state index contributed by atoms with van der Waals surface area (Å²) in [6.45, 7) is 1.85. The summed E-state index contributed by atoms with van der Waals surface area (Å²) in [6, 6.07) is 3.32. The van der Waals surface area contributed by atoms with Crippen LogP contribution in [-0.2, 0) is 0 Å². The van der Waals surface area contributed by atoms with Gasteiger partial charge in [-0.25, -0.2) is 9.20 Å². The van der Waals surface area contributed by atoms with E-state index in [1.54, 1.807) is 25.3 Å². The van der Waals surface area contributed by atoms with Crippen LogP contribution in [0.1, 0.15) is 35.3 Å². The molecule has 3 aromatic rings. The van der Waals surface area contributed by atoms with Gasteiger partial charge in [0.05, 0.1) is 23.4 Å². The molecule has 2 fully saturated rings. The average Bonchev–Trinajstić information content (AvgIpc) is 3.32. The first-order valence-electron chi connectivity index (χ1n) is 10.2. The van der Waals surface area contributed by atoms with E-state index in [-0.39, 0.29) is 30.5 Å². The van der Waals surface area contributed by atoms with E-state index in [2.05, 4.69) is 15.2 Å². The van der Waals surface area contributed by atoms with Gasteiger partial charge in [-0.15, -0.1) is 5.10 Å². The standard InChI is InChI=1S/C20H21F3N6O2/c1-11-14(8-24-29(11)19-25-17(30)15-6-3-7-28(15)26-19)18(31)27-9-12-4-2-5-13(10-27)16(12)20(21,22)23/h3,6-8,12-13,16H,2,4-5,9-10H2,1H3,(H,25,26,30). The van der Waals surface area contributed by atoms with Crippen molar-refractivity contribution in [1.29, 1.82) is 0 Å². The van der Waals surface area contributed by atoms with E-state index in [1.165, 1.54) is 20.3 Å². The van der Waals surface area contributed by atoms with Gasteiger partial charge in [0.2, 0.25) is 5.95 Å². The summed E-state index contributed by atoms with van der Waals surface area (Å²) >= 11 is 0. The van der Waals surface area contributed by atoms with Crippen molar-refractivity contribution >= 4 is 11.4 Å². The van der Waals surface area contributed by atoms with Gasteiger partial charge in [0, 0.05) is 19.3 Å². The number of rotatable bonds is 2. The predicted octanol–water partition coefficient (Wildman–Crippen LogP) is 2.57. The molecule has 0 spiro atoms. The zero-order valence-electron chi connectivity index (χ0n) is 16.8. The summed E-state index contributed by atoms with van der Waals surface area (Å²) in [5.41, 5.74) is 0.783. The van der Waals surface area contributed by atoms with Gasteiger partial charge in [0.1, 0.15) is 5.52 Å². The number of H-pyrrole nitrogens is 1. The van der Waals surface area contributed by atoms with Crippen molar-refractivity contribution in [3.05, 3.63) is 46.1 Å². The minimum Gasteiger partial charge on any atom is -0.338 e. The zero-order chi connectivity index (χ0) is 21.9. The number of amides is 1. The summed E-state index contributed by atoms with van der Waals surface area (Å²) in [5, 5.41) is 8.51. The molecule has 5 rings (SSSR count). The van der Waals surface area contributed by atoms with Crippen LogP contribution in [0, 0.1) is 24.7 Å². The SMILES string of the molecule is Cc1c(C(=O)N2CC3CCCC(C2)C3C(F)(F)F)cnn1-c1nn2cccc2c(=O)[nH]1. The molecular weight excluding hydrogens is 413 g/mol. The van der Waals surface area contributed by atoms with Crippen molar-refractivity contribution in [2.45, 2.75) is 32.4 Å². The van der Waals surface area contributed by atoms with E-state index in [0.717, 1.165) is 6.42 Å². The highest BCUT2D eigenvalue weighted by Gasteiger charge is 2.54. The molecule has 4 heterocycles. The topological polar surface area (TPSA) is 88.3 Å². The lowest BCUT2D eigenvalue weighted by molar-refractivity contribution is -0.222. The molecule has 2 unspecified atom stereocenters. The molecule has 8 nitrogen and oxygen atoms in total. The second-order valence-corrected chi connectivity index (χ2v) is 8.40. The second kappa shape index (κ2) is 6.96. The smallest absolute Gasteiger partial charge is 0.338 e. The highest BCUT2D eigenvalue weighted by atomic mass is 19.4. The van der Waals surface area contributed by atoms with Crippen LogP contribution in [-0.4, -0.2) is 54.5 Å². The highest BCUT2D eigenvalue weighted by Crippen LogP contribution is 2.48. The molecule has 0 aromatic carbocycles. The molecule has 1 saturated heterocycles. The molecule has 1 aliphatic carbocycles. The van der Waals surface area contributed by atoms with E-state index in [0.29, 0.717) is 29.6 Å². The molecule has 31 heavy (non-hydrogen) atoms. The van der Waals surface area contributed by atoms with Crippen LogP contribution >= 0.6 is 0 Å². The summed E-state index contributed by atoms with van der Waals surface area (Å²) in [4.78, 5) is 29.6. The Morgan fingerprint density at radius 3 is 2.61 bits per heavy atom. The van der Waals surface area contributed by atoms with Crippen LogP contribution in [0.4, 0.5) is 13.2 Å². The maximum absolute atomic E-state index is 13.5. The van der Waals surface area contributed by atoms with Crippen molar-refractivity contribution < 1.29 is 18.0 Å². The quantitative estimate of drug-likeness (QED) is 0.672. The van der Waals surface area contributed by atoms with Gasteiger partial charge in [-0.2, -0.15) is 18.3 Å². The first-order chi connectivity index (χ1) is 14.7. The third kappa shape index (κ3) is 3.22. The maximum Gasteiger partial charge on any atom is 0.392 e. The Labute approximate surface area is 174 Å². The average molecular weight is 434 g/mol. The maximum atomic E-state index is 13.5.